The number of halogens is 12. The lowest BCUT2D eigenvalue weighted by Crippen LogP contribution is -2.64. The molecule has 1 rings (SSSR count). The van der Waals surface area contributed by atoms with E-state index in [0.29, 0.717) is 0 Å². The fourth-order valence-corrected chi connectivity index (χ4v) is 2.64. The molecule has 0 atom stereocenters. The first-order valence-electron chi connectivity index (χ1n) is 6.75. The third kappa shape index (κ3) is 3.41. The minimum absolute atomic E-state index is 0.224. The lowest BCUT2D eigenvalue weighted by atomic mass is 9.62. The van der Waals surface area contributed by atoms with Crippen LogP contribution in [-0.4, -0.2) is 56.1 Å². The molecule has 0 aromatic rings. The van der Waals surface area contributed by atoms with Crippen molar-refractivity contribution in [2.45, 2.75) is 42.9 Å². The number of carbonyl (C=O) groups is 2. The summed E-state index contributed by atoms with van der Waals surface area (Å²) in [6.07, 6.45) is -30.0. The molecule has 1 aliphatic rings. The van der Waals surface area contributed by atoms with E-state index < -0.39 is 67.0 Å². The van der Waals surface area contributed by atoms with Gasteiger partial charge in [0.1, 0.15) is 0 Å². The Morgan fingerprint density at radius 3 is 1.54 bits per heavy atom. The Kier molecular flexibility index (Phi) is 5.82. The van der Waals surface area contributed by atoms with Gasteiger partial charge < -0.3 is 9.39 Å². The maximum Gasteiger partial charge on any atom is 0.437 e. The Morgan fingerprint density at radius 1 is 0.893 bits per heavy atom. The molecule has 4 nitrogen and oxygen atoms in total. The summed E-state index contributed by atoms with van der Waals surface area (Å²) >= 11 is 0. The quantitative estimate of drug-likeness (QED) is 0.494. The number of alkyl halides is 12. The Morgan fingerprint density at radius 2 is 1.29 bits per heavy atom. The molecule has 0 bridgehead atoms. The molecule has 0 saturated carbocycles. The summed E-state index contributed by atoms with van der Waals surface area (Å²) in [5, 5.41) is 0. The molecule has 28 heavy (non-hydrogen) atoms. The summed E-state index contributed by atoms with van der Waals surface area (Å²) in [7, 11) is -0.224. The predicted molar refractivity (Wildman–Crippen MR) is 62.9 cm³/mol. The van der Waals surface area contributed by atoms with Crippen molar-refractivity contribution in [1.82, 2.24) is 0 Å². The van der Waals surface area contributed by atoms with Gasteiger partial charge in [0.15, 0.2) is 5.78 Å². The second-order valence-electron chi connectivity index (χ2n) is 5.64. The first kappa shape index (κ1) is 24.4. The Balaban J connectivity index is 3.33. The van der Waals surface area contributed by atoms with Crippen molar-refractivity contribution in [3.63, 3.8) is 0 Å². The second-order valence-corrected chi connectivity index (χ2v) is 5.64. The van der Waals surface area contributed by atoms with Crippen LogP contribution in [0.4, 0.5) is 52.7 Å². The lowest BCUT2D eigenvalue weighted by molar-refractivity contribution is -0.361. The van der Waals surface area contributed by atoms with Gasteiger partial charge in [0.25, 0.3) is 0 Å². The molecular weight excluding hydrogens is 435 g/mol. The van der Waals surface area contributed by atoms with Crippen LogP contribution >= 0.6 is 0 Å². The molecule has 0 aromatic heterocycles. The first-order chi connectivity index (χ1) is 12.2. The van der Waals surface area contributed by atoms with E-state index in [-0.39, 0.29) is 7.11 Å². The minimum Gasteiger partial charge on any atom is -0.533 e. The number of ether oxygens (including phenoxy) is 1. The number of ketones is 1. The van der Waals surface area contributed by atoms with Gasteiger partial charge in [-0.1, -0.05) is 0 Å². The number of hydrogen-bond donors (Lipinski definition) is 0. The van der Waals surface area contributed by atoms with E-state index in [9.17, 15) is 62.3 Å². The van der Waals surface area contributed by atoms with Crippen LogP contribution in [0.1, 0.15) is 0 Å². The summed E-state index contributed by atoms with van der Waals surface area (Å²) in [5.41, 5.74) is -10.8. The van der Waals surface area contributed by atoms with Gasteiger partial charge in [-0.3, -0.25) is 4.79 Å². The van der Waals surface area contributed by atoms with E-state index in [2.05, 4.69) is 9.39 Å². The highest BCUT2D eigenvalue weighted by Gasteiger charge is 2.81. The molecule has 0 aliphatic carbocycles. The summed E-state index contributed by atoms with van der Waals surface area (Å²) in [6.45, 7) is -2.86. The molecule has 0 N–H and O–H groups in total. The molecular formula is C11H7BF12O4. The zero-order chi connectivity index (χ0) is 22.6. The van der Waals surface area contributed by atoms with Crippen molar-refractivity contribution in [1.29, 1.82) is 0 Å². The molecule has 0 radical (unpaired) electrons. The van der Waals surface area contributed by atoms with Crippen molar-refractivity contribution >= 4 is 18.7 Å². The fourth-order valence-electron chi connectivity index (χ4n) is 2.64. The average Bonchev–Trinajstić information content (AvgIpc) is 2.73. The standard InChI is InChI=1S/C11H7BF12O4/c1-27-7(10(19,20)21,11(22,23)24)5(26)28-12-2-4(25)6(3-12,8(13,14)15)9(16,17)18/h2-3H2,1H3. The summed E-state index contributed by atoms with van der Waals surface area (Å²) < 4.78 is 161. The maximum atomic E-state index is 12.9. The first-order valence-corrected chi connectivity index (χ1v) is 6.75. The summed E-state index contributed by atoms with van der Waals surface area (Å²) in [6, 6.07) is 0. The van der Waals surface area contributed by atoms with E-state index in [1.807, 2.05) is 0 Å². The summed E-state index contributed by atoms with van der Waals surface area (Å²) in [5.74, 6) is -5.97. The van der Waals surface area contributed by atoms with Gasteiger partial charge in [-0.15, -0.1) is 0 Å². The highest BCUT2D eigenvalue weighted by atomic mass is 19.4. The highest BCUT2D eigenvalue weighted by Crippen LogP contribution is 2.58. The van der Waals surface area contributed by atoms with Gasteiger partial charge in [0, 0.05) is 13.4 Å². The van der Waals surface area contributed by atoms with Crippen molar-refractivity contribution in [2.75, 3.05) is 7.11 Å². The number of rotatable bonds is 3. The minimum atomic E-state index is -6.54. The van der Waals surface area contributed by atoms with E-state index in [4.69, 9.17) is 0 Å². The molecule has 1 fully saturated rings. The second kappa shape index (κ2) is 6.69. The number of Topliss-reactive ketones (excluding diaryl/α,β-unsaturated/α-hetero) is 1. The zero-order valence-electron chi connectivity index (χ0n) is 13.2. The normalized spacial score (nSPS) is 19.2. The van der Waals surface area contributed by atoms with Crippen LogP contribution in [0.5, 0.6) is 0 Å². The monoisotopic (exact) mass is 442 g/mol. The summed E-state index contributed by atoms with van der Waals surface area (Å²) in [4.78, 5) is 22.9. The van der Waals surface area contributed by atoms with E-state index in [1.165, 1.54) is 0 Å². The van der Waals surface area contributed by atoms with Gasteiger partial charge in [0.2, 0.25) is 5.41 Å². The molecule has 0 spiro atoms. The lowest BCUT2D eigenvalue weighted by Gasteiger charge is -2.34. The number of carbonyl (C=O) groups excluding carboxylic acids is 2. The third-order valence-corrected chi connectivity index (χ3v) is 4.06. The maximum absolute atomic E-state index is 12.9. The van der Waals surface area contributed by atoms with Gasteiger partial charge in [0.05, 0.1) is 0 Å². The van der Waals surface area contributed by atoms with Crippen LogP contribution in [0.2, 0.25) is 12.6 Å². The smallest absolute Gasteiger partial charge is 0.437 e. The molecule has 17 heteroatoms. The fraction of sp³-hybridized carbons (Fsp3) is 0.818. The SMILES string of the molecule is COC(C(=O)OB1CC(=O)C(C(F)(F)F)(C(F)(F)F)C1)(C(F)(F)F)C(F)(F)F. The molecule has 1 aliphatic heterocycles. The van der Waals surface area contributed by atoms with Crippen LogP contribution < -0.4 is 0 Å². The van der Waals surface area contributed by atoms with Crippen molar-refractivity contribution in [2.24, 2.45) is 5.41 Å². The molecule has 162 valence electrons. The largest absolute Gasteiger partial charge is 0.533 e. The molecule has 0 aromatic carbocycles. The van der Waals surface area contributed by atoms with Crippen molar-refractivity contribution in [3.05, 3.63) is 0 Å². The van der Waals surface area contributed by atoms with Gasteiger partial charge >= 0.3 is 43.2 Å². The zero-order valence-corrected chi connectivity index (χ0v) is 13.2. The van der Waals surface area contributed by atoms with Crippen LogP contribution in [0, 0.1) is 5.41 Å². The van der Waals surface area contributed by atoms with E-state index in [0.717, 1.165) is 0 Å². The molecule has 0 amide bonds. The van der Waals surface area contributed by atoms with Gasteiger partial charge in [-0.05, 0) is 6.32 Å². The van der Waals surface area contributed by atoms with Crippen LogP contribution in [-0.2, 0) is 19.0 Å². The Hall–Kier alpha value is -1.68. The van der Waals surface area contributed by atoms with E-state index >= 15 is 0 Å². The average molecular weight is 442 g/mol. The number of methoxy groups -OCH3 is 1. The third-order valence-electron chi connectivity index (χ3n) is 4.06. The van der Waals surface area contributed by atoms with E-state index in [1.54, 1.807) is 0 Å². The van der Waals surface area contributed by atoms with Crippen LogP contribution in [0.25, 0.3) is 0 Å². The molecule has 1 heterocycles. The van der Waals surface area contributed by atoms with Gasteiger partial charge in [-0.25, -0.2) is 4.79 Å². The van der Waals surface area contributed by atoms with Gasteiger partial charge in [-0.2, -0.15) is 52.7 Å². The van der Waals surface area contributed by atoms with Crippen LogP contribution in [0.3, 0.4) is 0 Å². The Labute approximate surface area is 147 Å². The highest BCUT2D eigenvalue weighted by molar-refractivity contribution is 6.61. The Bertz CT molecular complexity index is 603. The molecule has 0 unspecified atom stereocenters. The van der Waals surface area contributed by atoms with Crippen molar-refractivity contribution < 1.29 is 71.7 Å². The molecule has 1 saturated heterocycles. The van der Waals surface area contributed by atoms with Crippen molar-refractivity contribution in [3.8, 4) is 0 Å². The van der Waals surface area contributed by atoms with Crippen LogP contribution in [0.15, 0.2) is 0 Å². The predicted octanol–water partition coefficient (Wildman–Crippen LogP) is 3.72. The topological polar surface area (TPSA) is 52.6 Å². The number of hydrogen-bond acceptors (Lipinski definition) is 4.